The number of methoxy groups -OCH3 is 3. The van der Waals surface area contributed by atoms with Crippen LogP contribution in [-0.2, 0) is 24.1 Å². The van der Waals surface area contributed by atoms with Gasteiger partial charge in [0.25, 0.3) is 10.0 Å². The van der Waals surface area contributed by atoms with Gasteiger partial charge in [0, 0.05) is 26.2 Å². The molecular formula is C18H20ClN3O6S. The molecule has 0 saturated carbocycles. The van der Waals surface area contributed by atoms with Gasteiger partial charge in [0.15, 0.2) is 11.5 Å². The predicted molar refractivity (Wildman–Crippen MR) is 110 cm³/mol. The highest BCUT2D eigenvalue weighted by molar-refractivity contribution is 7.92. The van der Waals surface area contributed by atoms with Crippen molar-refractivity contribution < 1.29 is 22.6 Å². The Labute approximate surface area is 172 Å². The van der Waals surface area contributed by atoms with Gasteiger partial charge in [0.1, 0.15) is 4.90 Å². The van der Waals surface area contributed by atoms with Crippen molar-refractivity contribution in [3.8, 4) is 17.2 Å². The molecule has 11 heteroatoms. The van der Waals surface area contributed by atoms with E-state index >= 15 is 0 Å². The van der Waals surface area contributed by atoms with Crippen LogP contribution < -0.4 is 24.6 Å². The smallest absolute Gasteiger partial charge is 0.328 e. The molecule has 0 radical (unpaired) electrons. The molecule has 0 aliphatic heterocycles. The van der Waals surface area contributed by atoms with E-state index in [1.54, 1.807) is 14.1 Å². The van der Waals surface area contributed by atoms with Crippen LogP contribution in [0.2, 0.25) is 5.02 Å². The van der Waals surface area contributed by atoms with Crippen LogP contribution >= 0.6 is 11.6 Å². The Kier molecular flexibility index (Phi) is 5.42. The second-order valence-electron chi connectivity index (χ2n) is 6.19. The van der Waals surface area contributed by atoms with Gasteiger partial charge in [0.2, 0.25) is 5.75 Å². The molecule has 3 rings (SSSR count). The number of hydrogen-bond acceptors (Lipinski definition) is 6. The first-order chi connectivity index (χ1) is 13.6. The Morgan fingerprint density at radius 1 is 0.897 bits per heavy atom. The quantitative estimate of drug-likeness (QED) is 0.630. The van der Waals surface area contributed by atoms with Crippen LogP contribution in [0, 0.1) is 0 Å². The van der Waals surface area contributed by atoms with E-state index in [0.717, 1.165) is 0 Å². The normalized spacial score (nSPS) is 11.5. The van der Waals surface area contributed by atoms with Gasteiger partial charge in [0.05, 0.1) is 43.1 Å². The van der Waals surface area contributed by atoms with Gasteiger partial charge in [-0.1, -0.05) is 11.6 Å². The highest BCUT2D eigenvalue weighted by Gasteiger charge is 2.23. The number of halogens is 1. The Morgan fingerprint density at radius 3 is 1.90 bits per heavy atom. The fourth-order valence-electron chi connectivity index (χ4n) is 3.06. The average Bonchev–Trinajstić information content (AvgIpc) is 2.89. The van der Waals surface area contributed by atoms with Crippen molar-refractivity contribution in [1.82, 2.24) is 9.13 Å². The fourth-order valence-corrected chi connectivity index (χ4v) is 4.64. The molecule has 0 saturated heterocycles. The fraction of sp³-hybridized carbons (Fsp3) is 0.278. The third kappa shape index (κ3) is 3.49. The van der Waals surface area contributed by atoms with Gasteiger partial charge >= 0.3 is 5.69 Å². The van der Waals surface area contributed by atoms with Crippen molar-refractivity contribution in [2.24, 2.45) is 14.1 Å². The van der Waals surface area contributed by atoms with E-state index in [4.69, 9.17) is 25.8 Å². The van der Waals surface area contributed by atoms with E-state index in [-0.39, 0.29) is 32.8 Å². The van der Waals surface area contributed by atoms with Gasteiger partial charge in [-0.3, -0.25) is 13.9 Å². The van der Waals surface area contributed by atoms with Crippen molar-refractivity contribution in [2.75, 3.05) is 26.1 Å². The standard InChI is InChI=1S/C18H20ClN3O6S/c1-21-12-8-11(19)16(9-13(12)22(2)18(21)23)29(24,25)20-10-6-14(26-3)17(28-5)15(7-10)27-4/h6-9,20H,1-5H3. The monoisotopic (exact) mass is 441 g/mol. The van der Waals surface area contributed by atoms with E-state index in [1.807, 2.05) is 0 Å². The molecule has 0 aliphatic rings. The first-order valence-electron chi connectivity index (χ1n) is 8.32. The Bertz CT molecular complexity index is 1240. The molecule has 1 aromatic heterocycles. The zero-order valence-corrected chi connectivity index (χ0v) is 18.0. The first kappa shape index (κ1) is 20.9. The molecule has 2 aromatic carbocycles. The largest absolute Gasteiger partial charge is 0.493 e. The lowest BCUT2D eigenvalue weighted by molar-refractivity contribution is 0.325. The molecule has 0 atom stereocenters. The zero-order chi connectivity index (χ0) is 21.5. The number of benzene rings is 2. The molecule has 0 aliphatic carbocycles. The molecule has 29 heavy (non-hydrogen) atoms. The summed E-state index contributed by atoms with van der Waals surface area (Å²) in [5.41, 5.74) is 0.863. The molecule has 3 aromatic rings. The summed E-state index contributed by atoms with van der Waals surface area (Å²) in [5.74, 6) is 0.907. The lowest BCUT2D eigenvalue weighted by atomic mass is 10.2. The highest BCUT2D eigenvalue weighted by Crippen LogP contribution is 2.40. The van der Waals surface area contributed by atoms with Gasteiger partial charge in [-0.25, -0.2) is 13.2 Å². The SMILES string of the molecule is COc1cc(NS(=O)(=O)c2cc3c(cc2Cl)n(C)c(=O)n3C)cc(OC)c1OC. The average molecular weight is 442 g/mol. The van der Waals surface area contributed by atoms with Crippen molar-refractivity contribution in [3.05, 3.63) is 39.8 Å². The summed E-state index contributed by atoms with van der Waals surface area (Å²) < 4.78 is 47.0. The van der Waals surface area contributed by atoms with Crippen molar-refractivity contribution in [2.45, 2.75) is 4.90 Å². The lowest BCUT2D eigenvalue weighted by Gasteiger charge is -2.15. The minimum atomic E-state index is -4.08. The second kappa shape index (κ2) is 7.53. The van der Waals surface area contributed by atoms with Crippen LogP contribution in [0.5, 0.6) is 17.2 Å². The highest BCUT2D eigenvalue weighted by atomic mass is 35.5. The molecule has 0 spiro atoms. The second-order valence-corrected chi connectivity index (χ2v) is 8.25. The van der Waals surface area contributed by atoms with Crippen LogP contribution in [0.25, 0.3) is 11.0 Å². The van der Waals surface area contributed by atoms with Crippen LogP contribution in [-0.4, -0.2) is 38.9 Å². The number of aryl methyl sites for hydroxylation is 2. The summed E-state index contributed by atoms with van der Waals surface area (Å²) in [6.07, 6.45) is 0. The van der Waals surface area contributed by atoms with Gasteiger partial charge < -0.3 is 14.2 Å². The van der Waals surface area contributed by atoms with Gasteiger partial charge in [-0.15, -0.1) is 0 Å². The van der Waals surface area contributed by atoms with Crippen LogP contribution in [0.4, 0.5) is 5.69 Å². The van der Waals surface area contributed by atoms with E-state index in [2.05, 4.69) is 4.72 Å². The number of rotatable bonds is 6. The molecule has 0 amide bonds. The Balaban J connectivity index is 2.12. The van der Waals surface area contributed by atoms with Gasteiger partial charge in [-0.05, 0) is 12.1 Å². The molecule has 1 heterocycles. The third-order valence-corrected chi connectivity index (χ3v) is 6.38. The number of ether oxygens (including phenoxy) is 3. The van der Waals surface area contributed by atoms with E-state index in [1.165, 1.54) is 54.7 Å². The predicted octanol–water partition coefficient (Wildman–Crippen LogP) is 2.36. The maximum absolute atomic E-state index is 13.0. The topological polar surface area (TPSA) is 101 Å². The summed E-state index contributed by atoms with van der Waals surface area (Å²) in [6.45, 7) is 0. The minimum Gasteiger partial charge on any atom is -0.493 e. The Morgan fingerprint density at radius 2 is 1.41 bits per heavy atom. The summed E-state index contributed by atoms with van der Waals surface area (Å²) in [4.78, 5) is 12.0. The molecular weight excluding hydrogens is 422 g/mol. The third-order valence-electron chi connectivity index (χ3n) is 4.53. The number of hydrogen-bond donors (Lipinski definition) is 1. The van der Waals surface area contributed by atoms with E-state index < -0.39 is 10.0 Å². The molecule has 1 N–H and O–H groups in total. The molecule has 0 bridgehead atoms. The zero-order valence-electron chi connectivity index (χ0n) is 16.4. The summed E-state index contributed by atoms with van der Waals surface area (Å²) in [5, 5.41) is -0.0151. The van der Waals surface area contributed by atoms with Crippen molar-refractivity contribution in [1.29, 1.82) is 0 Å². The number of sulfonamides is 1. The summed E-state index contributed by atoms with van der Waals surface area (Å²) >= 11 is 6.24. The number of nitrogens with zero attached hydrogens (tertiary/aromatic N) is 2. The maximum atomic E-state index is 13.0. The number of anilines is 1. The van der Waals surface area contributed by atoms with E-state index in [9.17, 15) is 13.2 Å². The number of fused-ring (bicyclic) bond motifs is 1. The molecule has 0 unspecified atom stereocenters. The van der Waals surface area contributed by atoms with Crippen LogP contribution in [0.3, 0.4) is 0 Å². The Hall–Kier alpha value is -2.85. The maximum Gasteiger partial charge on any atom is 0.328 e. The number of aromatic nitrogens is 2. The molecule has 0 fully saturated rings. The summed E-state index contributed by atoms with van der Waals surface area (Å²) in [6, 6.07) is 5.73. The minimum absolute atomic E-state index is 0.0151. The number of imidazole rings is 1. The van der Waals surface area contributed by atoms with E-state index in [0.29, 0.717) is 16.8 Å². The summed E-state index contributed by atoms with van der Waals surface area (Å²) in [7, 11) is 3.36. The van der Waals surface area contributed by atoms with Gasteiger partial charge in [-0.2, -0.15) is 0 Å². The van der Waals surface area contributed by atoms with Crippen molar-refractivity contribution >= 4 is 38.3 Å². The molecule has 156 valence electrons. The van der Waals surface area contributed by atoms with Crippen LogP contribution in [0.15, 0.2) is 34.0 Å². The number of nitrogens with one attached hydrogen (secondary N) is 1. The van der Waals surface area contributed by atoms with Crippen LogP contribution in [0.1, 0.15) is 0 Å². The lowest BCUT2D eigenvalue weighted by Crippen LogP contribution is -2.19. The molecule has 9 nitrogen and oxygen atoms in total. The van der Waals surface area contributed by atoms with Crippen molar-refractivity contribution in [3.63, 3.8) is 0 Å². The first-order valence-corrected chi connectivity index (χ1v) is 10.2.